The summed E-state index contributed by atoms with van der Waals surface area (Å²) >= 11 is 0. The van der Waals surface area contributed by atoms with Crippen LogP contribution in [0.4, 0.5) is 0 Å². The Kier molecular flexibility index (Phi) is 3.25. The number of para-hydroxylation sites is 2. The molecule has 2 nitrogen and oxygen atoms in total. The van der Waals surface area contributed by atoms with Gasteiger partial charge in [-0.25, -0.2) is 0 Å². The third-order valence-corrected chi connectivity index (χ3v) is 0.849. The van der Waals surface area contributed by atoms with Crippen LogP contribution in [0.3, 0.4) is 0 Å². The molecule has 0 aliphatic heterocycles. The van der Waals surface area contributed by atoms with E-state index in [0.717, 1.165) is 0 Å². The van der Waals surface area contributed by atoms with E-state index in [4.69, 9.17) is 0 Å². The van der Waals surface area contributed by atoms with Crippen LogP contribution in [0.5, 0.6) is 11.5 Å². The molecule has 1 aromatic rings. The Labute approximate surface area is 65.9 Å². The fourth-order valence-corrected chi connectivity index (χ4v) is 0.450. The molecule has 0 N–H and O–H groups in total. The Morgan fingerprint density at radius 2 is 1.22 bits per heavy atom. The van der Waals surface area contributed by atoms with Crippen LogP contribution in [-0.2, 0) is 19.5 Å². The van der Waals surface area contributed by atoms with Gasteiger partial charge in [0.05, 0.1) is 0 Å². The molecule has 0 aromatic heterocycles. The first-order valence-electron chi connectivity index (χ1n) is 2.24. The maximum Gasteiger partial charge on any atom is 2.00 e. The van der Waals surface area contributed by atoms with Gasteiger partial charge in [-0.2, -0.15) is 0 Å². The van der Waals surface area contributed by atoms with E-state index in [9.17, 15) is 10.2 Å². The fraction of sp³-hybridized carbons (Fsp3) is 0. The van der Waals surface area contributed by atoms with Crippen LogP contribution in [-0.4, -0.2) is 0 Å². The molecule has 0 saturated heterocycles. The third kappa shape index (κ3) is 2.02. The van der Waals surface area contributed by atoms with Gasteiger partial charge < -0.3 is 10.2 Å². The van der Waals surface area contributed by atoms with Crippen molar-refractivity contribution in [2.45, 2.75) is 0 Å². The molecule has 0 fully saturated rings. The molecule has 0 heterocycles. The predicted molar refractivity (Wildman–Crippen MR) is 25.3 cm³/mol. The predicted octanol–water partition coefficient (Wildman–Crippen LogP) is -0.169. The van der Waals surface area contributed by atoms with E-state index >= 15 is 0 Å². The number of hydrogen-bond donors (Lipinski definition) is 0. The molecule has 42 valence electrons. The van der Waals surface area contributed by atoms with E-state index in [2.05, 4.69) is 0 Å². The van der Waals surface area contributed by atoms with E-state index in [-0.39, 0.29) is 19.5 Å². The second kappa shape index (κ2) is 3.47. The smallest absolute Gasteiger partial charge is 0.873 e. The quantitative estimate of drug-likeness (QED) is 0.512. The molecule has 9 heavy (non-hydrogen) atoms. The third-order valence-electron chi connectivity index (χ3n) is 0.849. The van der Waals surface area contributed by atoms with Crippen molar-refractivity contribution < 1.29 is 29.7 Å². The average molecular weight is 173 g/mol. The van der Waals surface area contributed by atoms with Crippen LogP contribution in [0.1, 0.15) is 0 Å². The summed E-state index contributed by atoms with van der Waals surface area (Å²) in [6, 6.07) is 5.60. The number of rotatable bonds is 0. The van der Waals surface area contributed by atoms with Crippen LogP contribution >= 0.6 is 0 Å². The first-order valence-corrected chi connectivity index (χ1v) is 2.24. The van der Waals surface area contributed by atoms with E-state index in [1.165, 1.54) is 12.1 Å². The largest absolute Gasteiger partial charge is 2.00 e. The Morgan fingerprint density at radius 3 is 1.44 bits per heavy atom. The second-order valence-electron chi connectivity index (χ2n) is 1.45. The van der Waals surface area contributed by atoms with E-state index in [0.29, 0.717) is 0 Å². The zero-order chi connectivity index (χ0) is 5.98. The maximum atomic E-state index is 10.3. The van der Waals surface area contributed by atoms with Crippen LogP contribution < -0.4 is 10.2 Å². The number of benzene rings is 1. The summed E-state index contributed by atoms with van der Waals surface area (Å²) in [4.78, 5) is 0. The molecule has 0 bridgehead atoms. The van der Waals surface area contributed by atoms with E-state index in [1.807, 2.05) is 0 Å². The van der Waals surface area contributed by atoms with Gasteiger partial charge in [-0.1, -0.05) is 24.3 Å². The molecular formula is C6H4O2Zn. The standard InChI is InChI=1S/C6H6O2.Zn/c7-5-3-1-2-4-6(5)8;/h1-4,7-8H;/q;+2/p-2. The Hall–Kier alpha value is -0.557. The molecule has 0 atom stereocenters. The van der Waals surface area contributed by atoms with Gasteiger partial charge >= 0.3 is 19.5 Å². The zero-order valence-corrected chi connectivity index (χ0v) is 7.80. The van der Waals surface area contributed by atoms with Crippen LogP contribution in [0, 0.1) is 0 Å². The van der Waals surface area contributed by atoms with Gasteiger partial charge in [-0.3, -0.25) is 0 Å². The molecule has 0 amide bonds. The van der Waals surface area contributed by atoms with Crippen LogP contribution in [0.2, 0.25) is 0 Å². The first kappa shape index (κ1) is 8.44. The van der Waals surface area contributed by atoms with E-state index < -0.39 is 11.5 Å². The molecule has 0 saturated carbocycles. The average Bonchev–Trinajstić information content (AvgIpc) is 1.77. The maximum absolute atomic E-state index is 10.3. The molecule has 0 aliphatic carbocycles. The normalized spacial score (nSPS) is 8.00. The molecule has 0 radical (unpaired) electrons. The van der Waals surface area contributed by atoms with Gasteiger partial charge in [0.15, 0.2) is 0 Å². The summed E-state index contributed by atoms with van der Waals surface area (Å²) in [7, 11) is 0. The zero-order valence-electron chi connectivity index (χ0n) is 4.83. The molecule has 1 rings (SSSR count). The summed E-state index contributed by atoms with van der Waals surface area (Å²) in [5.74, 6) is -0.875. The molecule has 0 aliphatic rings. The molecule has 0 unspecified atom stereocenters. The van der Waals surface area contributed by atoms with Crippen molar-refractivity contribution in [3.8, 4) is 11.5 Å². The van der Waals surface area contributed by atoms with Crippen LogP contribution in [0.15, 0.2) is 24.3 Å². The van der Waals surface area contributed by atoms with Gasteiger partial charge in [0.2, 0.25) is 0 Å². The minimum atomic E-state index is -0.437. The van der Waals surface area contributed by atoms with Crippen molar-refractivity contribution in [1.29, 1.82) is 0 Å². The summed E-state index contributed by atoms with van der Waals surface area (Å²) in [5, 5.41) is 20.6. The van der Waals surface area contributed by atoms with Gasteiger partial charge in [-0.05, 0) is 0 Å². The summed E-state index contributed by atoms with van der Waals surface area (Å²) < 4.78 is 0. The summed E-state index contributed by atoms with van der Waals surface area (Å²) in [6.45, 7) is 0. The van der Waals surface area contributed by atoms with Crippen molar-refractivity contribution >= 4 is 0 Å². The van der Waals surface area contributed by atoms with Gasteiger partial charge in [0, 0.05) is 0 Å². The molecule has 1 aromatic carbocycles. The summed E-state index contributed by atoms with van der Waals surface area (Å²) in [6.07, 6.45) is 0. The fourth-order valence-electron chi connectivity index (χ4n) is 0.450. The first-order chi connectivity index (χ1) is 3.80. The van der Waals surface area contributed by atoms with Gasteiger partial charge in [0.1, 0.15) is 0 Å². The molecule has 3 heteroatoms. The van der Waals surface area contributed by atoms with Gasteiger partial charge in [0.25, 0.3) is 0 Å². The summed E-state index contributed by atoms with van der Waals surface area (Å²) in [5.41, 5.74) is 0. The monoisotopic (exact) mass is 172 g/mol. The van der Waals surface area contributed by atoms with Crippen molar-refractivity contribution in [3.63, 3.8) is 0 Å². The minimum absolute atomic E-state index is 0. The van der Waals surface area contributed by atoms with Crippen LogP contribution in [0.25, 0.3) is 0 Å². The van der Waals surface area contributed by atoms with Gasteiger partial charge in [-0.15, -0.1) is 11.5 Å². The Morgan fingerprint density at radius 1 is 0.889 bits per heavy atom. The Bertz CT molecular complexity index is 167. The van der Waals surface area contributed by atoms with Crippen molar-refractivity contribution in [1.82, 2.24) is 0 Å². The Balaban J connectivity index is 0.000000640. The topological polar surface area (TPSA) is 46.1 Å². The minimum Gasteiger partial charge on any atom is -0.873 e. The SMILES string of the molecule is [O-]c1ccccc1[O-].[Zn+2]. The van der Waals surface area contributed by atoms with E-state index in [1.54, 1.807) is 12.1 Å². The molecule has 0 spiro atoms. The molecular weight excluding hydrogens is 169 g/mol. The van der Waals surface area contributed by atoms with Crippen molar-refractivity contribution in [2.24, 2.45) is 0 Å². The second-order valence-corrected chi connectivity index (χ2v) is 1.45. The number of hydrogen-bond acceptors (Lipinski definition) is 2. The van der Waals surface area contributed by atoms with Crippen molar-refractivity contribution in [2.75, 3.05) is 0 Å². The van der Waals surface area contributed by atoms with Crippen molar-refractivity contribution in [3.05, 3.63) is 24.3 Å².